The molecule has 0 spiro atoms. The van der Waals surface area contributed by atoms with Gasteiger partial charge in [0.2, 0.25) is 10.0 Å². The summed E-state index contributed by atoms with van der Waals surface area (Å²) in [6.07, 6.45) is 0. The molecule has 0 radical (unpaired) electrons. The van der Waals surface area contributed by atoms with Crippen LogP contribution >= 0.6 is 31.9 Å². The highest BCUT2D eigenvalue weighted by Crippen LogP contribution is 2.15. The Morgan fingerprint density at radius 3 is 2.39 bits per heavy atom. The number of esters is 1. The lowest BCUT2D eigenvalue weighted by atomic mass is 10.2. The zero-order valence-electron chi connectivity index (χ0n) is 11.8. The number of halogens is 2. The second kappa shape index (κ2) is 8.05. The number of nitrogens with one attached hydrogen (secondary N) is 1. The number of benzene rings is 2. The number of hydrogen-bond donors (Lipinski definition) is 1. The molecule has 0 heterocycles. The van der Waals surface area contributed by atoms with Gasteiger partial charge < -0.3 is 4.74 Å². The zero-order valence-corrected chi connectivity index (χ0v) is 15.8. The maximum absolute atomic E-state index is 12.1. The molecule has 2 aromatic rings. The van der Waals surface area contributed by atoms with Crippen molar-refractivity contribution in [1.29, 1.82) is 0 Å². The van der Waals surface area contributed by atoms with E-state index in [0.717, 1.165) is 10.0 Å². The molecule has 122 valence electrons. The molecule has 2 rings (SSSR count). The van der Waals surface area contributed by atoms with Crippen molar-refractivity contribution in [2.75, 3.05) is 6.54 Å². The van der Waals surface area contributed by atoms with Gasteiger partial charge in [-0.25, -0.2) is 8.42 Å². The number of carbonyl (C=O) groups is 1. The van der Waals surface area contributed by atoms with Crippen molar-refractivity contribution in [3.05, 3.63) is 63.0 Å². The lowest BCUT2D eigenvalue weighted by Gasteiger charge is -2.08. The Morgan fingerprint density at radius 2 is 1.74 bits per heavy atom. The van der Waals surface area contributed by atoms with E-state index in [9.17, 15) is 13.2 Å². The molecule has 1 N–H and O–H groups in total. The van der Waals surface area contributed by atoms with Crippen LogP contribution < -0.4 is 4.72 Å². The molecule has 0 aliphatic rings. The van der Waals surface area contributed by atoms with Gasteiger partial charge in [0.25, 0.3) is 0 Å². The molecule has 0 unspecified atom stereocenters. The van der Waals surface area contributed by atoms with Crippen LogP contribution in [0, 0.1) is 0 Å². The van der Waals surface area contributed by atoms with Gasteiger partial charge in [-0.15, -0.1) is 0 Å². The molecular formula is C15H13Br2NO4S. The topological polar surface area (TPSA) is 72.5 Å². The van der Waals surface area contributed by atoms with Crippen LogP contribution in [0.25, 0.3) is 0 Å². The van der Waals surface area contributed by atoms with Crippen LogP contribution in [0.15, 0.2) is 62.4 Å². The third-order valence-corrected chi connectivity index (χ3v) is 5.25. The maximum Gasteiger partial charge on any atom is 0.321 e. The minimum Gasteiger partial charge on any atom is -0.460 e. The molecule has 5 nitrogen and oxygen atoms in total. The van der Waals surface area contributed by atoms with Crippen LogP contribution in [0.2, 0.25) is 0 Å². The second-order valence-corrected chi connectivity index (χ2v) is 8.17. The smallest absolute Gasteiger partial charge is 0.321 e. The molecule has 0 aliphatic heterocycles. The Hall–Kier alpha value is -1.22. The van der Waals surface area contributed by atoms with Gasteiger partial charge in [0.15, 0.2) is 0 Å². The first-order chi connectivity index (χ1) is 10.9. The molecule has 0 saturated carbocycles. The standard InChI is InChI=1S/C15H13Br2NO4S/c16-12-6-4-11(5-7-12)10-22-15(19)9-18-23(20,21)14-3-1-2-13(17)8-14/h1-8,18H,9-10H2. The number of hydrogen-bond acceptors (Lipinski definition) is 4. The highest BCUT2D eigenvalue weighted by atomic mass is 79.9. The van der Waals surface area contributed by atoms with Crippen molar-refractivity contribution in [3.63, 3.8) is 0 Å². The van der Waals surface area contributed by atoms with Crippen LogP contribution in [-0.2, 0) is 26.2 Å². The fourth-order valence-corrected chi connectivity index (χ4v) is 3.50. The van der Waals surface area contributed by atoms with Crippen molar-refractivity contribution in [3.8, 4) is 0 Å². The third kappa shape index (κ3) is 5.72. The Balaban J connectivity index is 1.87. The molecule has 2 aromatic carbocycles. The monoisotopic (exact) mass is 461 g/mol. The van der Waals surface area contributed by atoms with E-state index in [1.807, 2.05) is 24.3 Å². The minimum absolute atomic E-state index is 0.0765. The average molecular weight is 463 g/mol. The SMILES string of the molecule is O=C(CNS(=O)(=O)c1cccc(Br)c1)OCc1ccc(Br)cc1. The van der Waals surface area contributed by atoms with Gasteiger partial charge in [-0.3, -0.25) is 4.79 Å². The van der Waals surface area contributed by atoms with Crippen molar-refractivity contribution >= 4 is 47.9 Å². The summed E-state index contributed by atoms with van der Waals surface area (Å²) in [7, 11) is -3.75. The largest absolute Gasteiger partial charge is 0.460 e. The van der Waals surface area contributed by atoms with E-state index in [0.29, 0.717) is 4.47 Å². The first-order valence-corrected chi connectivity index (χ1v) is 9.59. The normalized spacial score (nSPS) is 11.2. The molecule has 0 aliphatic carbocycles. The quantitative estimate of drug-likeness (QED) is 0.669. The van der Waals surface area contributed by atoms with Crippen LogP contribution in [0.3, 0.4) is 0 Å². The summed E-state index contributed by atoms with van der Waals surface area (Å²) in [5.74, 6) is -0.647. The number of rotatable bonds is 6. The molecule has 23 heavy (non-hydrogen) atoms. The predicted octanol–water partition coefficient (Wildman–Crippen LogP) is 3.23. The van der Waals surface area contributed by atoms with Gasteiger partial charge in [-0.1, -0.05) is 50.1 Å². The molecule has 0 aromatic heterocycles. The molecule has 8 heteroatoms. The lowest BCUT2D eigenvalue weighted by molar-refractivity contribution is -0.143. The Bertz CT molecular complexity index is 791. The Morgan fingerprint density at radius 1 is 1.04 bits per heavy atom. The van der Waals surface area contributed by atoms with Crippen LogP contribution in [0.5, 0.6) is 0 Å². The van der Waals surface area contributed by atoms with Gasteiger partial charge in [0.05, 0.1) is 4.90 Å². The van der Waals surface area contributed by atoms with Crippen molar-refractivity contribution in [2.24, 2.45) is 0 Å². The molecule has 0 atom stereocenters. The first-order valence-electron chi connectivity index (χ1n) is 6.52. The number of ether oxygens (including phenoxy) is 1. The van der Waals surface area contributed by atoms with Gasteiger partial charge in [-0.2, -0.15) is 4.72 Å². The molecule has 0 fully saturated rings. The molecule has 0 saturated heterocycles. The summed E-state index contributed by atoms with van der Waals surface area (Å²) in [5, 5.41) is 0. The summed E-state index contributed by atoms with van der Waals surface area (Å²) < 4.78 is 32.9. The van der Waals surface area contributed by atoms with Gasteiger partial charge in [0.1, 0.15) is 13.2 Å². The molecular weight excluding hydrogens is 450 g/mol. The van der Waals surface area contributed by atoms with E-state index in [2.05, 4.69) is 36.6 Å². The highest BCUT2D eigenvalue weighted by molar-refractivity contribution is 9.10. The van der Waals surface area contributed by atoms with E-state index in [1.165, 1.54) is 12.1 Å². The van der Waals surface area contributed by atoms with E-state index in [4.69, 9.17) is 4.74 Å². The molecule has 0 amide bonds. The van der Waals surface area contributed by atoms with Crippen molar-refractivity contribution < 1.29 is 17.9 Å². The summed E-state index contributed by atoms with van der Waals surface area (Å²) in [6.45, 7) is -0.337. The van der Waals surface area contributed by atoms with Crippen molar-refractivity contribution in [1.82, 2.24) is 4.72 Å². The van der Waals surface area contributed by atoms with Crippen LogP contribution in [-0.4, -0.2) is 20.9 Å². The summed E-state index contributed by atoms with van der Waals surface area (Å²) in [6, 6.07) is 13.5. The first kappa shape index (κ1) is 18.1. The van der Waals surface area contributed by atoms with Gasteiger partial charge >= 0.3 is 5.97 Å². The fourth-order valence-electron chi connectivity index (χ4n) is 1.67. The van der Waals surface area contributed by atoms with Crippen molar-refractivity contribution in [2.45, 2.75) is 11.5 Å². The average Bonchev–Trinajstić information content (AvgIpc) is 2.52. The van der Waals surface area contributed by atoms with Gasteiger partial charge in [-0.05, 0) is 35.9 Å². The van der Waals surface area contributed by atoms with E-state index < -0.39 is 22.5 Å². The Kier molecular flexibility index (Phi) is 6.34. The number of sulfonamides is 1. The predicted molar refractivity (Wildman–Crippen MR) is 93.3 cm³/mol. The second-order valence-electron chi connectivity index (χ2n) is 4.57. The summed E-state index contributed by atoms with van der Waals surface area (Å²) in [4.78, 5) is 11.7. The highest BCUT2D eigenvalue weighted by Gasteiger charge is 2.16. The van der Waals surface area contributed by atoms with Gasteiger partial charge in [0, 0.05) is 8.95 Å². The van der Waals surface area contributed by atoms with E-state index in [1.54, 1.807) is 12.1 Å². The minimum atomic E-state index is -3.75. The number of carbonyl (C=O) groups excluding carboxylic acids is 1. The van der Waals surface area contributed by atoms with Crippen LogP contribution in [0.4, 0.5) is 0 Å². The molecule has 0 bridgehead atoms. The van der Waals surface area contributed by atoms with E-state index in [-0.39, 0.29) is 11.5 Å². The van der Waals surface area contributed by atoms with Crippen LogP contribution in [0.1, 0.15) is 5.56 Å². The van der Waals surface area contributed by atoms with E-state index >= 15 is 0 Å². The lowest BCUT2D eigenvalue weighted by Crippen LogP contribution is -2.30. The zero-order chi connectivity index (χ0) is 16.9. The summed E-state index contributed by atoms with van der Waals surface area (Å²) in [5.41, 5.74) is 0.816. The summed E-state index contributed by atoms with van der Waals surface area (Å²) >= 11 is 6.51. The fraction of sp³-hybridized carbons (Fsp3) is 0.133. The Labute approximate surface area is 151 Å². The maximum atomic E-state index is 12.1. The third-order valence-electron chi connectivity index (χ3n) is 2.83.